The van der Waals surface area contributed by atoms with E-state index in [4.69, 9.17) is 24.3 Å². The summed E-state index contributed by atoms with van der Waals surface area (Å²) in [5, 5.41) is 0. The molecule has 10 heteroatoms. The molecule has 0 fully saturated rings. The molecule has 0 aromatic rings. The zero-order valence-corrected chi connectivity index (χ0v) is 32.3. The highest BCUT2D eigenvalue weighted by Gasteiger charge is 2.25. The van der Waals surface area contributed by atoms with E-state index < -0.39 is 32.5 Å². The first-order valence-corrected chi connectivity index (χ1v) is 20.8. The zero-order chi connectivity index (χ0) is 36.8. The predicted octanol–water partition coefficient (Wildman–Crippen LogP) is 10.5. The molecule has 0 amide bonds. The van der Waals surface area contributed by atoms with Crippen LogP contribution in [0.1, 0.15) is 149 Å². The second-order valence-corrected chi connectivity index (χ2v) is 13.9. The monoisotopic (exact) mass is 723 g/mol. The van der Waals surface area contributed by atoms with Crippen molar-refractivity contribution >= 4 is 19.8 Å². The number of rotatable bonds is 35. The largest absolute Gasteiger partial charge is 0.472 e. The molecular weight excluding hydrogens is 653 g/mol. The Bertz CT molecular complexity index is 1010. The van der Waals surface area contributed by atoms with Crippen LogP contribution in [-0.2, 0) is 32.7 Å². The number of allylic oxidation sites excluding steroid dienone is 10. The summed E-state index contributed by atoms with van der Waals surface area (Å²) < 4.78 is 32.6. The van der Waals surface area contributed by atoms with Crippen LogP contribution >= 0.6 is 7.82 Å². The van der Waals surface area contributed by atoms with E-state index in [1.54, 1.807) is 0 Å². The first-order valence-electron chi connectivity index (χ1n) is 19.3. The number of hydrogen-bond acceptors (Lipinski definition) is 8. The van der Waals surface area contributed by atoms with Crippen LogP contribution in [-0.4, -0.2) is 49.3 Å². The summed E-state index contributed by atoms with van der Waals surface area (Å²) >= 11 is 0. The van der Waals surface area contributed by atoms with E-state index in [1.165, 1.54) is 12.8 Å². The van der Waals surface area contributed by atoms with Crippen LogP contribution in [0.3, 0.4) is 0 Å². The van der Waals surface area contributed by atoms with Gasteiger partial charge in [0.15, 0.2) is 6.10 Å². The van der Waals surface area contributed by atoms with Gasteiger partial charge in [0.25, 0.3) is 0 Å². The fraction of sp³-hybridized carbons (Fsp3) is 0.700. The first-order chi connectivity index (χ1) is 24.3. The van der Waals surface area contributed by atoms with E-state index >= 15 is 0 Å². The van der Waals surface area contributed by atoms with Gasteiger partial charge in [-0.15, -0.1) is 0 Å². The average molecular weight is 724 g/mol. The van der Waals surface area contributed by atoms with Gasteiger partial charge in [0.1, 0.15) is 6.61 Å². The van der Waals surface area contributed by atoms with E-state index in [0.717, 1.165) is 96.3 Å². The lowest BCUT2D eigenvalue weighted by molar-refractivity contribution is -0.161. The van der Waals surface area contributed by atoms with Crippen LogP contribution in [0.4, 0.5) is 0 Å². The third-order valence-electron chi connectivity index (χ3n) is 7.64. The summed E-state index contributed by atoms with van der Waals surface area (Å²) in [6.45, 7) is 3.51. The van der Waals surface area contributed by atoms with Crippen LogP contribution in [0.2, 0.25) is 0 Å². The molecule has 3 N–H and O–H groups in total. The van der Waals surface area contributed by atoms with Crippen molar-refractivity contribution < 1.29 is 37.6 Å². The molecule has 2 atom stereocenters. The molecule has 0 radical (unpaired) electrons. The lowest BCUT2D eigenvalue weighted by Crippen LogP contribution is -2.29. The van der Waals surface area contributed by atoms with E-state index in [9.17, 15) is 19.0 Å². The van der Waals surface area contributed by atoms with Crippen molar-refractivity contribution in [2.45, 2.75) is 155 Å². The smallest absolute Gasteiger partial charge is 0.462 e. The van der Waals surface area contributed by atoms with Gasteiger partial charge < -0.3 is 20.1 Å². The maximum atomic E-state index is 12.5. The van der Waals surface area contributed by atoms with Gasteiger partial charge in [-0.05, 0) is 70.6 Å². The molecule has 0 spiro atoms. The second-order valence-electron chi connectivity index (χ2n) is 12.4. The molecule has 9 nitrogen and oxygen atoms in total. The summed E-state index contributed by atoms with van der Waals surface area (Å²) in [5.74, 6) is -0.872. The lowest BCUT2D eigenvalue weighted by Gasteiger charge is -2.19. The number of phosphoric acid groups is 1. The Labute approximate surface area is 304 Å². The topological polar surface area (TPSA) is 134 Å². The maximum Gasteiger partial charge on any atom is 0.472 e. The third-order valence-corrected chi connectivity index (χ3v) is 8.62. The van der Waals surface area contributed by atoms with Gasteiger partial charge in [-0.1, -0.05) is 126 Å². The van der Waals surface area contributed by atoms with Crippen LogP contribution in [0, 0.1) is 0 Å². The first kappa shape index (κ1) is 47.7. The van der Waals surface area contributed by atoms with Crippen molar-refractivity contribution in [2.75, 3.05) is 26.4 Å². The van der Waals surface area contributed by atoms with Gasteiger partial charge in [-0.3, -0.25) is 18.6 Å². The van der Waals surface area contributed by atoms with Crippen molar-refractivity contribution in [3.05, 3.63) is 60.8 Å². The minimum absolute atomic E-state index is 0.0454. The SMILES string of the molecule is CC/C=C\C/C=C\C/C=C\CCCCCCCC(=O)O[C@H](COC(=O)CCCCCCC/C=C\C/C=C\CCCC)COP(=O)(O)OCCN. The molecular formula is C40H70NO8P. The molecule has 0 bridgehead atoms. The molecule has 0 saturated heterocycles. The minimum atomic E-state index is -4.38. The van der Waals surface area contributed by atoms with Crippen LogP contribution < -0.4 is 5.73 Å². The predicted molar refractivity (Wildman–Crippen MR) is 206 cm³/mol. The summed E-state index contributed by atoms with van der Waals surface area (Å²) in [6, 6.07) is 0. The fourth-order valence-corrected chi connectivity index (χ4v) is 5.55. The number of nitrogens with two attached hydrogens (primary N) is 1. The van der Waals surface area contributed by atoms with Crippen molar-refractivity contribution in [1.29, 1.82) is 0 Å². The normalized spacial score (nSPS) is 14.1. The molecule has 0 aliphatic heterocycles. The molecule has 0 aromatic carbocycles. The number of esters is 2. The van der Waals surface area contributed by atoms with E-state index in [2.05, 4.69) is 74.6 Å². The van der Waals surface area contributed by atoms with Gasteiger partial charge in [0.05, 0.1) is 13.2 Å². The maximum absolute atomic E-state index is 12.5. The number of ether oxygens (including phenoxy) is 2. The zero-order valence-electron chi connectivity index (χ0n) is 31.4. The molecule has 0 saturated carbocycles. The molecule has 0 aliphatic carbocycles. The Kier molecular flexibility index (Phi) is 34.8. The van der Waals surface area contributed by atoms with Crippen molar-refractivity contribution in [1.82, 2.24) is 0 Å². The van der Waals surface area contributed by atoms with Crippen LogP contribution in [0.15, 0.2) is 60.8 Å². The Morgan fingerprint density at radius 2 is 1.10 bits per heavy atom. The Hall–Kier alpha value is -2.29. The average Bonchev–Trinajstić information content (AvgIpc) is 3.10. The Morgan fingerprint density at radius 1 is 0.620 bits per heavy atom. The Morgan fingerprint density at radius 3 is 1.64 bits per heavy atom. The Balaban J connectivity index is 4.29. The molecule has 0 heterocycles. The van der Waals surface area contributed by atoms with Gasteiger partial charge in [0, 0.05) is 19.4 Å². The van der Waals surface area contributed by atoms with Gasteiger partial charge in [-0.25, -0.2) is 4.57 Å². The molecule has 0 aromatic heterocycles. The number of carbonyl (C=O) groups excluding carboxylic acids is 2. The highest BCUT2D eigenvalue weighted by atomic mass is 31.2. The fourth-order valence-electron chi connectivity index (χ4n) is 4.78. The second kappa shape index (κ2) is 36.5. The highest BCUT2D eigenvalue weighted by Crippen LogP contribution is 2.43. The van der Waals surface area contributed by atoms with Crippen LogP contribution in [0.25, 0.3) is 0 Å². The van der Waals surface area contributed by atoms with Crippen molar-refractivity contribution in [3.8, 4) is 0 Å². The van der Waals surface area contributed by atoms with Crippen molar-refractivity contribution in [2.24, 2.45) is 5.73 Å². The quantitative estimate of drug-likeness (QED) is 0.0283. The number of phosphoric ester groups is 1. The highest BCUT2D eigenvalue weighted by molar-refractivity contribution is 7.47. The molecule has 1 unspecified atom stereocenters. The molecule has 0 rings (SSSR count). The summed E-state index contributed by atoms with van der Waals surface area (Å²) in [4.78, 5) is 34.7. The minimum Gasteiger partial charge on any atom is -0.462 e. The van der Waals surface area contributed by atoms with Gasteiger partial charge >= 0.3 is 19.8 Å². The third kappa shape index (κ3) is 35.5. The van der Waals surface area contributed by atoms with E-state index in [-0.39, 0.29) is 32.6 Å². The molecule has 288 valence electrons. The number of carbonyl (C=O) groups is 2. The van der Waals surface area contributed by atoms with Gasteiger partial charge in [0.2, 0.25) is 0 Å². The van der Waals surface area contributed by atoms with E-state index in [1.807, 2.05) is 0 Å². The summed E-state index contributed by atoms with van der Waals surface area (Å²) in [5.41, 5.74) is 5.33. The summed E-state index contributed by atoms with van der Waals surface area (Å²) in [6.07, 6.45) is 41.0. The number of hydrogen-bond donors (Lipinski definition) is 2. The molecule has 0 aliphatic rings. The standard InChI is InChI=1S/C40H70NO8P/c1-3-5-7-9-11-13-15-17-19-21-23-25-27-29-31-33-40(43)49-38(37-48-50(44,45)47-35-34-41)36-46-39(42)32-30-28-26-24-22-20-18-16-14-12-10-8-6-4-2/h5,7,10-13,16-19,38H,3-4,6,8-9,14-15,20-37,41H2,1-2H3,(H,44,45)/b7-5-,12-10-,13-11-,18-16-,19-17-/t38-/m1/s1. The van der Waals surface area contributed by atoms with Crippen molar-refractivity contribution in [3.63, 3.8) is 0 Å². The van der Waals surface area contributed by atoms with Gasteiger partial charge in [-0.2, -0.15) is 0 Å². The van der Waals surface area contributed by atoms with E-state index in [0.29, 0.717) is 12.8 Å². The number of unbranched alkanes of at least 4 members (excludes halogenated alkanes) is 12. The molecule has 50 heavy (non-hydrogen) atoms. The summed E-state index contributed by atoms with van der Waals surface area (Å²) in [7, 11) is -4.38. The van der Waals surface area contributed by atoms with Crippen LogP contribution in [0.5, 0.6) is 0 Å². The lowest BCUT2D eigenvalue weighted by atomic mass is 10.1.